The molecule has 0 unspecified atom stereocenters. The Morgan fingerprint density at radius 2 is 2.05 bits per heavy atom. The van der Waals surface area contributed by atoms with Gasteiger partial charge in [0, 0.05) is 22.8 Å². The summed E-state index contributed by atoms with van der Waals surface area (Å²) >= 11 is 5.76. The molecule has 7 heteroatoms. The van der Waals surface area contributed by atoms with Crippen LogP contribution < -0.4 is 5.32 Å². The SMILES string of the molecule is O=C(NCCC1CCC1)c1ccc(Cl)c(S(=O)(=O)Cl)c1. The fourth-order valence-electron chi connectivity index (χ4n) is 2.10. The first-order valence-corrected chi connectivity index (χ1v) is 9.09. The lowest BCUT2D eigenvalue weighted by Gasteiger charge is -2.25. The van der Waals surface area contributed by atoms with Gasteiger partial charge in [0.1, 0.15) is 4.90 Å². The van der Waals surface area contributed by atoms with Crippen LogP contribution in [0.5, 0.6) is 0 Å². The summed E-state index contributed by atoms with van der Waals surface area (Å²) in [6.07, 6.45) is 4.68. The maximum absolute atomic E-state index is 11.9. The van der Waals surface area contributed by atoms with E-state index in [4.69, 9.17) is 22.3 Å². The Morgan fingerprint density at radius 1 is 1.35 bits per heavy atom. The first kappa shape index (κ1) is 15.6. The molecule has 1 aliphatic rings. The van der Waals surface area contributed by atoms with Crippen LogP contribution in [0.15, 0.2) is 23.1 Å². The van der Waals surface area contributed by atoms with Crippen molar-refractivity contribution in [3.8, 4) is 0 Å². The molecule has 0 saturated heterocycles. The van der Waals surface area contributed by atoms with Gasteiger partial charge < -0.3 is 5.32 Å². The molecule has 0 radical (unpaired) electrons. The second-order valence-electron chi connectivity index (χ2n) is 4.92. The fraction of sp³-hybridized carbons (Fsp3) is 0.462. The molecule has 0 heterocycles. The molecule has 1 fully saturated rings. The van der Waals surface area contributed by atoms with E-state index in [0.29, 0.717) is 12.5 Å². The van der Waals surface area contributed by atoms with Crippen molar-refractivity contribution in [1.29, 1.82) is 0 Å². The maximum atomic E-state index is 11.9. The summed E-state index contributed by atoms with van der Waals surface area (Å²) in [4.78, 5) is 11.7. The molecular formula is C13H15Cl2NO3S. The van der Waals surface area contributed by atoms with Crippen LogP contribution in [0.3, 0.4) is 0 Å². The Hall–Kier alpha value is -0.780. The number of hydrogen-bond acceptors (Lipinski definition) is 3. The van der Waals surface area contributed by atoms with Crippen molar-refractivity contribution in [2.75, 3.05) is 6.54 Å². The Morgan fingerprint density at radius 3 is 2.60 bits per heavy atom. The lowest BCUT2D eigenvalue weighted by atomic mass is 9.83. The standard InChI is InChI=1S/C13H15Cl2NO3S/c14-11-5-4-10(8-12(11)20(15,18)19)13(17)16-7-6-9-2-1-3-9/h4-5,8-9H,1-3,6-7H2,(H,16,17). The highest BCUT2D eigenvalue weighted by Crippen LogP contribution is 2.29. The fourth-order valence-corrected chi connectivity index (χ4v) is 3.60. The third kappa shape index (κ3) is 3.87. The predicted octanol–water partition coefficient (Wildman–Crippen LogP) is 3.19. The van der Waals surface area contributed by atoms with Gasteiger partial charge in [-0.15, -0.1) is 0 Å². The van der Waals surface area contributed by atoms with Crippen LogP contribution in [0.25, 0.3) is 0 Å². The van der Waals surface area contributed by atoms with Crippen molar-refractivity contribution in [1.82, 2.24) is 5.32 Å². The first-order valence-electron chi connectivity index (χ1n) is 6.40. The maximum Gasteiger partial charge on any atom is 0.262 e. The van der Waals surface area contributed by atoms with Crippen LogP contribution in [-0.4, -0.2) is 20.9 Å². The van der Waals surface area contributed by atoms with E-state index < -0.39 is 9.05 Å². The summed E-state index contributed by atoms with van der Waals surface area (Å²) < 4.78 is 22.7. The van der Waals surface area contributed by atoms with Crippen LogP contribution >= 0.6 is 22.3 Å². The van der Waals surface area contributed by atoms with Crippen LogP contribution in [0.2, 0.25) is 5.02 Å². The highest BCUT2D eigenvalue weighted by molar-refractivity contribution is 8.13. The van der Waals surface area contributed by atoms with Gasteiger partial charge in [-0.3, -0.25) is 4.79 Å². The average Bonchev–Trinajstić information content (AvgIpc) is 2.31. The van der Waals surface area contributed by atoms with Gasteiger partial charge in [0.05, 0.1) is 5.02 Å². The number of halogens is 2. The van der Waals surface area contributed by atoms with Gasteiger partial charge in [0.15, 0.2) is 0 Å². The van der Waals surface area contributed by atoms with Crippen LogP contribution in [-0.2, 0) is 9.05 Å². The number of nitrogens with one attached hydrogen (secondary N) is 1. The minimum absolute atomic E-state index is 0.00557. The second-order valence-corrected chi connectivity index (χ2v) is 7.87. The molecule has 1 aliphatic carbocycles. The number of benzene rings is 1. The molecular weight excluding hydrogens is 321 g/mol. The van der Waals surface area contributed by atoms with Gasteiger partial charge in [0.2, 0.25) is 0 Å². The second kappa shape index (κ2) is 6.33. The van der Waals surface area contributed by atoms with Gasteiger partial charge in [-0.25, -0.2) is 8.42 Å². The van der Waals surface area contributed by atoms with Crippen LogP contribution in [0.4, 0.5) is 0 Å². The lowest BCUT2D eigenvalue weighted by molar-refractivity contribution is 0.0949. The average molecular weight is 336 g/mol. The highest BCUT2D eigenvalue weighted by Gasteiger charge is 2.19. The van der Waals surface area contributed by atoms with Gasteiger partial charge >= 0.3 is 0 Å². The number of amides is 1. The van der Waals surface area contributed by atoms with Crippen molar-refractivity contribution < 1.29 is 13.2 Å². The normalized spacial score (nSPS) is 15.7. The van der Waals surface area contributed by atoms with Gasteiger partial charge in [-0.05, 0) is 30.5 Å². The first-order chi connectivity index (χ1) is 9.38. The van der Waals surface area contributed by atoms with E-state index in [1.54, 1.807) is 0 Å². The minimum Gasteiger partial charge on any atom is -0.352 e. The van der Waals surface area contributed by atoms with Gasteiger partial charge in [-0.2, -0.15) is 0 Å². The zero-order chi connectivity index (χ0) is 14.8. The molecule has 1 saturated carbocycles. The van der Waals surface area contributed by atoms with Crippen molar-refractivity contribution in [2.45, 2.75) is 30.6 Å². The molecule has 1 aromatic carbocycles. The topological polar surface area (TPSA) is 63.2 Å². The Kier molecular flexibility index (Phi) is 4.94. The summed E-state index contributed by atoms with van der Waals surface area (Å²) in [5.74, 6) is 0.391. The zero-order valence-corrected chi connectivity index (χ0v) is 13.1. The molecule has 0 aliphatic heterocycles. The van der Waals surface area contributed by atoms with Crippen molar-refractivity contribution in [3.05, 3.63) is 28.8 Å². The van der Waals surface area contributed by atoms with E-state index in [2.05, 4.69) is 5.32 Å². The third-order valence-electron chi connectivity index (χ3n) is 3.52. The van der Waals surface area contributed by atoms with E-state index in [9.17, 15) is 13.2 Å². The molecule has 1 N–H and O–H groups in total. The summed E-state index contributed by atoms with van der Waals surface area (Å²) in [5, 5.41) is 2.78. The Balaban J connectivity index is 2.02. The summed E-state index contributed by atoms with van der Waals surface area (Å²) in [5.41, 5.74) is 0.238. The predicted molar refractivity (Wildman–Crippen MR) is 78.8 cm³/mol. The molecule has 0 atom stereocenters. The van der Waals surface area contributed by atoms with Crippen LogP contribution in [0.1, 0.15) is 36.0 Å². The summed E-state index contributed by atoms with van der Waals surface area (Å²) in [6, 6.07) is 4.04. The number of rotatable bonds is 5. The Labute approximate surface area is 127 Å². The van der Waals surface area contributed by atoms with Gasteiger partial charge in [-0.1, -0.05) is 30.9 Å². The molecule has 1 aromatic rings. The van der Waals surface area contributed by atoms with Gasteiger partial charge in [0.25, 0.3) is 15.0 Å². The molecule has 0 aromatic heterocycles. The van der Waals surface area contributed by atoms with Crippen molar-refractivity contribution in [3.63, 3.8) is 0 Å². The van der Waals surface area contributed by atoms with Crippen molar-refractivity contribution in [2.24, 2.45) is 5.92 Å². The monoisotopic (exact) mass is 335 g/mol. The molecule has 110 valence electrons. The molecule has 0 spiro atoms. The largest absolute Gasteiger partial charge is 0.352 e. The van der Waals surface area contributed by atoms with Crippen molar-refractivity contribution >= 4 is 37.2 Å². The number of hydrogen-bond donors (Lipinski definition) is 1. The molecule has 2 rings (SSSR count). The van der Waals surface area contributed by atoms with E-state index >= 15 is 0 Å². The molecule has 1 amide bonds. The van der Waals surface area contributed by atoms with E-state index in [0.717, 1.165) is 6.42 Å². The third-order valence-corrected chi connectivity index (χ3v) is 5.32. The lowest BCUT2D eigenvalue weighted by Crippen LogP contribution is -2.27. The number of carbonyl (C=O) groups is 1. The number of carbonyl (C=O) groups excluding carboxylic acids is 1. The minimum atomic E-state index is -3.96. The molecule has 20 heavy (non-hydrogen) atoms. The smallest absolute Gasteiger partial charge is 0.262 e. The highest BCUT2D eigenvalue weighted by atomic mass is 35.7. The molecule has 4 nitrogen and oxygen atoms in total. The quantitative estimate of drug-likeness (QED) is 0.840. The zero-order valence-electron chi connectivity index (χ0n) is 10.7. The van der Waals surface area contributed by atoms with E-state index in [1.807, 2.05) is 0 Å². The van der Waals surface area contributed by atoms with Crippen LogP contribution in [0, 0.1) is 5.92 Å². The molecule has 0 bridgehead atoms. The summed E-state index contributed by atoms with van der Waals surface area (Å²) in [7, 11) is 1.31. The Bertz CT molecular complexity index is 612. The summed E-state index contributed by atoms with van der Waals surface area (Å²) in [6.45, 7) is 0.592. The van der Waals surface area contributed by atoms with E-state index in [1.165, 1.54) is 37.5 Å². The van der Waals surface area contributed by atoms with E-state index in [-0.39, 0.29) is 21.4 Å².